The Kier molecular flexibility index (Phi) is 2.73. The van der Waals surface area contributed by atoms with Crippen molar-refractivity contribution in [1.29, 1.82) is 0 Å². The Balaban J connectivity index is 2.67. The zero-order valence-electron chi connectivity index (χ0n) is 9.56. The zero-order chi connectivity index (χ0) is 13.5. The monoisotopic (exact) mass is 271 g/mol. The summed E-state index contributed by atoms with van der Waals surface area (Å²) in [5.74, 6) is -0.936. The number of rotatable bonds is 3. The molecule has 0 spiro atoms. The van der Waals surface area contributed by atoms with Crippen LogP contribution in [0.5, 0.6) is 0 Å². The van der Waals surface area contributed by atoms with Crippen LogP contribution in [0.1, 0.15) is 17.4 Å². The van der Waals surface area contributed by atoms with E-state index in [0.717, 1.165) is 17.0 Å². The molecule has 0 aliphatic heterocycles. The Morgan fingerprint density at radius 3 is 2.67 bits per heavy atom. The van der Waals surface area contributed by atoms with Crippen molar-refractivity contribution in [3.8, 4) is 0 Å². The molecule has 96 valence electrons. The SMILES string of the molecule is CC(=O)c1ncn2c(=O)n(CS(C)(=O)=O)nnc12. The maximum Gasteiger partial charge on any atom is 0.353 e. The lowest BCUT2D eigenvalue weighted by Crippen LogP contribution is -2.32. The van der Waals surface area contributed by atoms with E-state index >= 15 is 0 Å². The van der Waals surface area contributed by atoms with Gasteiger partial charge in [-0.2, -0.15) is 4.68 Å². The van der Waals surface area contributed by atoms with Crippen LogP contribution in [0.2, 0.25) is 0 Å². The second-order valence-electron chi connectivity index (χ2n) is 3.77. The smallest absolute Gasteiger partial charge is 0.293 e. The van der Waals surface area contributed by atoms with Crippen molar-refractivity contribution in [3.63, 3.8) is 0 Å². The molecular weight excluding hydrogens is 262 g/mol. The van der Waals surface area contributed by atoms with E-state index in [-0.39, 0.29) is 17.1 Å². The van der Waals surface area contributed by atoms with Crippen LogP contribution in [0.25, 0.3) is 5.65 Å². The van der Waals surface area contributed by atoms with Gasteiger partial charge in [-0.15, -0.1) is 5.10 Å². The summed E-state index contributed by atoms with van der Waals surface area (Å²) in [6.07, 6.45) is 2.09. The molecule has 0 aliphatic carbocycles. The number of ketones is 1. The topological polar surface area (TPSA) is 116 Å². The second-order valence-corrected chi connectivity index (χ2v) is 5.88. The lowest BCUT2D eigenvalue weighted by atomic mass is 10.3. The van der Waals surface area contributed by atoms with Crippen molar-refractivity contribution >= 4 is 21.3 Å². The zero-order valence-corrected chi connectivity index (χ0v) is 10.4. The van der Waals surface area contributed by atoms with E-state index in [2.05, 4.69) is 15.3 Å². The molecule has 0 aliphatic rings. The van der Waals surface area contributed by atoms with Gasteiger partial charge in [-0.3, -0.25) is 4.79 Å². The van der Waals surface area contributed by atoms with Crippen molar-refractivity contribution in [2.75, 3.05) is 6.26 Å². The molecule has 0 N–H and O–H groups in total. The van der Waals surface area contributed by atoms with Crippen LogP contribution in [0.4, 0.5) is 0 Å². The highest BCUT2D eigenvalue weighted by Gasteiger charge is 2.15. The summed E-state index contributed by atoms with van der Waals surface area (Å²) in [5, 5.41) is 7.10. The van der Waals surface area contributed by atoms with Gasteiger partial charge in [0, 0.05) is 13.2 Å². The summed E-state index contributed by atoms with van der Waals surface area (Å²) in [6.45, 7) is 1.28. The molecule has 18 heavy (non-hydrogen) atoms. The van der Waals surface area contributed by atoms with E-state index in [1.165, 1.54) is 6.92 Å². The quantitative estimate of drug-likeness (QED) is 0.623. The van der Waals surface area contributed by atoms with E-state index in [9.17, 15) is 18.0 Å². The molecule has 2 heterocycles. The molecule has 0 aromatic carbocycles. The molecule has 0 radical (unpaired) electrons. The van der Waals surface area contributed by atoms with Crippen LogP contribution in [0, 0.1) is 0 Å². The van der Waals surface area contributed by atoms with Crippen molar-refractivity contribution in [1.82, 2.24) is 24.4 Å². The molecule has 0 amide bonds. The number of aromatic nitrogens is 5. The number of carbonyl (C=O) groups is 1. The molecule has 0 fully saturated rings. The van der Waals surface area contributed by atoms with E-state index in [4.69, 9.17) is 0 Å². The summed E-state index contributed by atoms with van der Waals surface area (Å²) in [7, 11) is -3.42. The number of hydrogen-bond acceptors (Lipinski definition) is 7. The van der Waals surface area contributed by atoms with Crippen molar-refractivity contribution in [2.24, 2.45) is 0 Å². The highest BCUT2D eigenvalue weighted by molar-refractivity contribution is 7.89. The van der Waals surface area contributed by atoms with Gasteiger partial charge in [-0.25, -0.2) is 22.6 Å². The number of nitrogens with zero attached hydrogens (tertiary/aromatic N) is 5. The van der Waals surface area contributed by atoms with Crippen molar-refractivity contribution in [2.45, 2.75) is 12.8 Å². The minimum atomic E-state index is -3.42. The van der Waals surface area contributed by atoms with Gasteiger partial charge in [0.05, 0.1) is 0 Å². The number of fused-ring (bicyclic) bond motifs is 1. The molecule has 0 unspecified atom stereocenters. The summed E-state index contributed by atoms with van der Waals surface area (Å²) >= 11 is 0. The summed E-state index contributed by atoms with van der Waals surface area (Å²) in [5.41, 5.74) is -0.686. The predicted octanol–water partition coefficient (Wildman–Crippen LogP) is -1.51. The summed E-state index contributed by atoms with van der Waals surface area (Å²) < 4.78 is 23.9. The van der Waals surface area contributed by atoms with Crippen LogP contribution >= 0.6 is 0 Å². The van der Waals surface area contributed by atoms with Gasteiger partial charge in [0.2, 0.25) is 0 Å². The third kappa shape index (κ3) is 2.14. The summed E-state index contributed by atoms with van der Waals surface area (Å²) in [6, 6.07) is 0. The third-order valence-corrected chi connectivity index (χ3v) is 2.82. The largest absolute Gasteiger partial charge is 0.353 e. The van der Waals surface area contributed by atoms with Gasteiger partial charge in [-0.05, 0) is 0 Å². The fourth-order valence-corrected chi connectivity index (χ4v) is 1.99. The van der Waals surface area contributed by atoms with Crippen LogP contribution in [-0.4, -0.2) is 44.8 Å². The first-order valence-electron chi connectivity index (χ1n) is 4.79. The predicted molar refractivity (Wildman–Crippen MR) is 59.9 cm³/mol. The Morgan fingerprint density at radius 2 is 2.11 bits per heavy atom. The normalized spacial score (nSPS) is 11.9. The Labute approximate surface area is 101 Å². The average Bonchev–Trinajstić information content (AvgIpc) is 2.64. The number of sulfone groups is 1. The fourth-order valence-electron chi connectivity index (χ4n) is 1.39. The molecule has 9 nitrogen and oxygen atoms in total. The summed E-state index contributed by atoms with van der Waals surface area (Å²) in [4.78, 5) is 26.8. The van der Waals surface area contributed by atoms with Crippen molar-refractivity contribution in [3.05, 3.63) is 22.5 Å². The number of Topliss-reactive ketones (excluding diaryl/α,β-unsaturated/α-hetero) is 1. The maximum absolute atomic E-state index is 11.8. The Hall–Kier alpha value is -2.10. The van der Waals surface area contributed by atoms with Crippen LogP contribution in [0.15, 0.2) is 11.1 Å². The lowest BCUT2D eigenvalue weighted by molar-refractivity contribution is 0.101. The fraction of sp³-hybridized carbons (Fsp3) is 0.375. The van der Waals surface area contributed by atoms with E-state index < -0.39 is 21.4 Å². The number of hydrogen-bond donors (Lipinski definition) is 0. The number of imidazole rings is 1. The Morgan fingerprint density at radius 1 is 1.44 bits per heavy atom. The van der Waals surface area contributed by atoms with Crippen LogP contribution in [0.3, 0.4) is 0 Å². The lowest BCUT2D eigenvalue weighted by Gasteiger charge is -2.01. The molecule has 10 heteroatoms. The van der Waals surface area contributed by atoms with Crippen LogP contribution in [-0.2, 0) is 15.7 Å². The molecule has 0 saturated heterocycles. The average molecular weight is 271 g/mol. The van der Waals surface area contributed by atoms with Gasteiger partial charge < -0.3 is 0 Å². The minimum Gasteiger partial charge on any atom is -0.293 e. The van der Waals surface area contributed by atoms with E-state index in [1.807, 2.05) is 0 Å². The first-order chi connectivity index (χ1) is 8.29. The highest BCUT2D eigenvalue weighted by atomic mass is 32.2. The Bertz CT molecular complexity index is 787. The van der Waals surface area contributed by atoms with E-state index in [0.29, 0.717) is 4.68 Å². The molecule has 2 aromatic rings. The van der Waals surface area contributed by atoms with Gasteiger partial charge >= 0.3 is 5.69 Å². The molecule has 0 atom stereocenters. The third-order valence-electron chi connectivity index (χ3n) is 2.11. The number of carbonyl (C=O) groups excluding carboxylic acids is 1. The van der Waals surface area contributed by atoms with Gasteiger partial charge in [0.1, 0.15) is 12.2 Å². The van der Waals surface area contributed by atoms with Crippen LogP contribution < -0.4 is 5.69 Å². The molecule has 2 rings (SSSR count). The molecule has 2 aromatic heterocycles. The molecular formula is C8H9N5O4S. The standard InChI is InChI=1S/C8H9N5O4S/c1-5(14)6-7-10-11-13(4-18(2,16)17)8(15)12(7)3-9-6/h3H,4H2,1-2H3. The maximum atomic E-state index is 11.8. The molecule has 0 bridgehead atoms. The van der Waals surface area contributed by atoms with Gasteiger partial charge in [-0.1, -0.05) is 5.21 Å². The van der Waals surface area contributed by atoms with E-state index in [1.54, 1.807) is 0 Å². The second kappa shape index (κ2) is 3.98. The van der Waals surface area contributed by atoms with Crippen molar-refractivity contribution < 1.29 is 13.2 Å². The highest BCUT2D eigenvalue weighted by Crippen LogP contribution is 2.03. The van der Waals surface area contributed by atoms with Gasteiger partial charge in [0.15, 0.2) is 27.0 Å². The molecule has 0 saturated carbocycles. The first kappa shape index (κ1) is 12.4. The minimum absolute atomic E-state index is 0.0113. The van der Waals surface area contributed by atoms with Gasteiger partial charge in [0.25, 0.3) is 0 Å². The first-order valence-corrected chi connectivity index (χ1v) is 6.85.